The summed E-state index contributed by atoms with van der Waals surface area (Å²) in [4.78, 5) is 0. The molecule has 0 bridgehead atoms. The molecular formula is C50H52. The number of hydrogen-bond donors (Lipinski definition) is 0. The van der Waals surface area contributed by atoms with Crippen LogP contribution in [0, 0.1) is 0 Å². The highest BCUT2D eigenvalue weighted by molar-refractivity contribution is 6.27. The number of hydrogen-bond acceptors (Lipinski definition) is 0. The smallest absolute Gasteiger partial charge is 0.0561 e. The standard InChI is InChI=1S/C50H52/c1-47(2,3)37-21-31-15-17-33-23-39(49(7,8)9)27-41-29(19-35(25-37)43(31)45(33)41)13-14-30-20-36-26-38(48(4,5)6)22-32-16-18-34-24-40(50(10,11)12)28-42(30)46(34)44(32)36/h13-28H,1-12H3/i13D,14D,21D,22D,23D,24D,25D,26D,27D,28D. The van der Waals surface area contributed by atoms with Crippen LogP contribution in [0.5, 0.6) is 0 Å². The van der Waals surface area contributed by atoms with Gasteiger partial charge in [0.05, 0.1) is 13.7 Å². The van der Waals surface area contributed by atoms with Crippen molar-refractivity contribution in [2.24, 2.45) is 0 Å². The fraction of sp³-hybridized carbons (Fsp3) is 0.320. The zero-order chi connectivity index (χ0) is 44.4. The lowest BCUT2D eigenvalue weighted by atomic mass is 9.80. The molecule has 0 aliphatic heterocycles. The van der Waals surface area contributed by atoms with Crippen molar-refractivity contribution in [2.45, 2.75) is 105 Å². The molecule has 50 heavy (non-hydrogen) atoms. The molecule has 0 unspecified atom stereocenters. The Balaban J connectivity index is 1.65. The zero-order valence-corrected chi connectivity index (χ0v) is 31.5. The third kappa shape index (κ3) is 5.26. The second-order valence-electron chi connectivity index (χ2n) is 18.3. The summed E-state index contributed by atoms with van der Waals surface area (Å²) in [6, 6.07) is 11.4. The first-order chi connectivity index (χ1) is 27.5. The Morgan fingerprint density at radius 3 is 0.940 bits per heavy atom. The third-order valence-electron chi connectivity index (χ3n) is 9.96. The van der Waals surface area contributed by atoms with Gasteiger partial charge in [0.25, 0.3) is 0 Å². The van der Waals surface area contributed by atoms with Gasteiger partial charge in [-0.25, -0.2) is 0 Å². The molecule has 0 fully saturated rings. The van der Waals surface area contributed by atoms with Crippen LogP contribution in [0.2, 0.25) is 0 Å². The minimum atomic E-state index is -0.639. The molecule has 8 rings (SSSR count). The maximum Gasteiger partial charge on any atom is 0.0633 e. The SMILES string of the molecule is [2H]C(=C([2H])c1cc2c([2H])c(C(C)(C)C)c([2H])c3ccc4c([2H])c(C(C)(C)C)c([2H])c1c4c32)c1cc2c([2H])c(C(C)(C)C)c([2H])c3ccc4c([2H])c(C(C)(C)C)c([2H])c1c4c32. The first kappa shape index (κ1) is 23.1. The Morgan fingerprint density at radius 2 is 0.640 bits per heavy atom. The summed E-state index contributed by atoms with van der Waals surface area (Å²) in [5.74, 6) is 0. The van der Waals surface area contributed by atoms with Crippen LogP contribution >= 0.6 is 0 Å². The van der Waals surface area contributed by atoms with Gasteiger partial charge in [0, 0.05) is 0 Å². The van der Waals surface area contributed by atoms with Gasteiger partial charge in [-0.15, -0.1) is 0 Å². The first-order valence-corrected chi connectivity index (χ1v) is 17.7. The van der Waals surface area contributed by atoms with E-state index < -0.39 is 21.7 Å². The van der Waals surface area contributed by atoms with Gasteiger partial charge >= 0.3 is 0 Å². The van der Waals surface area contributed by atoms with E-state index in [2.05, 4.69) is 0 Å². The van der Waals surface area contributed by atoms with Crippen molar-refractivity contribution in [2.75, 3.05) is 0 Å². The van der Waals surface area contributed by atoms with Crippen LogP contribution in [0.3, 0.4) is 0 Å². The predicted molar refractivity (Wildman–Crippen MR) is 224 cm³/mol. The van der Waals surface area contributed by atoms with E-state index in [0.29, 0.717) is 86.9 Å². The van der Waals surface area contributed by atoms with E-state index in [-0.39, 0.29) is 71.6 Å². The summed E-state index contributed by atoms with van der Waals surface area (Å²) < 4.78 is 96.6. The second kappa shape index (κ2) is 10.6. The van der Waals surface area contributed by atoms with Crippen LogP contribution in [-0.2, 0) is 21.7 Å². The third-order valence-corrected chi connectivity index (χ3v) is 9.96. The Hall–Kier alpha value is -4.42. The lowest BCUT2D eigenvalue weighted by Crippen LogP contribution is -2.12. The number of benzene rings is 8. The first-order valence-electron chi connectivity index (χ1n) is 22.7. The van der Waals surface area contributed by atoms with Crippen LogP contribution in [0.1, 0.15) is 130 Å². The molecule has 0 spiro atoms. The predicted octanol–water partition coefficient (Wildman–Crippen LogP) is 14.8. The van der Waals surface area contributed by atoms with Gasteiger partial charge in [-0.05, 0) is 144 Å². The molecule has 0 radical (unpaired) electrons. The van der Waals surface area contributed by atoms with Crippen LogP contribution in [0.4, 0.5) is 0 Å². The Bertz CT molecular complexity index is 3000. The molecule has 0 nitrogen and oxygen atoms in total. The summed E-state index contributed by atoms with van der Waals surface area (Å²) in [5.41, 5.74) is 0.0563. The topological polar surface area (TPSA) is 0 Å². The van der Waals surface area contributed by atoms with Gasteiger partial charge in [-0.1, -0.05) is 156 Å². The summed E-state index contributed by atoms with van der Waals surface area (Å²) in [6.07, 6.45) is 0. The van der Waals surface area contributed by atoms with Crippen molar-refractivity contribution in [1.82, 2.24) is 0 Å². The Kier molecular flexibility index (Phi) is 4.88. The molecule has 8 aromatic rings. The normalized spacial score (nSPS) is 17.1. The maximum absolute atomic E-state index is 10.1. The fourth-order valence-electron chi connectivity index (χ4n) is 7.02. The molecule has 0 aliphatic carbocycles. The quantitative estimate of drug-likeness (QED) is 0.128. The van der Waals surface area contributed by atoms with Crippen LogP contribution in [-0.4, -0.2) is 0 Å². The molecular weight excluding hydrogens is 601 g/mol. The van der Waals surface area contributed by atoms with E-state index in [9.17, 15) is 13.7 Å². The van der Waals surface area contributed by atoms with Crippen molar-refractivity contribution in [3.8, 4) is 0 Å². The Labute approximate surface area is 312 Å². The summed E-state index contributed by atoms with van der Waals surface area (Å²) in [7, 11) is 0. The van der Waals surface area contributed by atoms with Gasteiger partial charge < -0.3 is 0 Å². The van der Waals surface area contributed by atoms with Gasteiger partial charge in [-0.3, -0.25) is 0 Å². The molecule has 8 aromatic carbocycles. The summed E-state index contributed by atoms with van der Waals surface area (Å²) >= 11 is 0. The molecule has 0 heteroatoms. The van der Waals surface area contributed by atoms with E-state index in [0.717, 1.165) is 0 Å². The fourth-order valence-corrected chi connectivity index (χ4v) is 7.02. The van der Waals surface area contributed by atoms with Gasteiger partial charge in [0.2, 0.25) is 0 Å². The lowest BCUT2D eigenvalue weighted by Gasteiger charge is -2.25. The lowest BCUT2D eigenvalue weighted by molar-refractivity contribution is 0.591. The van der Waals surface area contributed by atoms with Gasteiger partial charge in [0.15, 0.2) is 0 Å². The molecule has 0 atom stereocenters. The average molecular weight is 663 g/mol. The highest BCUT2D eigenvalue weighted by atomic mass is 14.3. The minimum Gasteiger partial charge on any atom is -0.0561 e. The van der Waals surface area contributed by atoms with E-state index in [1.54, 1.807) is 12.1 Å². The second-order valence-corrected chi connectivity index (χ2v) is 18.3. The van der Waals surface area contributed by atoms with E-state index in [1.165, 1.54) is 0 Å². The molecule has 0 heterocycles. The molecule has 0 aromatic heterocycles. The van der Waals surface area contributed by atoms with Crippen molar-refractivity contribution >= 4 is 76.7 Å². The monoisotopic (exact) mass is 662 g/mol. The maximum atomic E-state index is 10.1. The van der Waals surface area contributed by atoms with Crippen molar-refractivity contribution < 1.29 is 13.7 Å². The van der Waals surface area contributed by atoms with E-state index in [1.807, 2.05) is 107 Å². The van der Waals surface area contributed by atoms with E-state index >= 15 is 0 Å². The molecule has 0 saturated carbocycles. The highest BCUT2D eigenvalue weighted by Gasteiger charge is 2.23. The van der Waals surface area contributed by atoms with Crippen LogP contribution in [0.15, 0.2) is 84.7 Å². The molecule has 0 N–H and O–H groups in total. The van der Waals surface area contributed by atoms with Crippen LogP contribution in [0.25, 0.3) is 76.7 Å². The average Bonchev–Trinajstić information content (AvgIpc) is 3.11. The van der Waals surface area contributed by atoms with Crippen molar-refractivity contribution in [3.05, 3.63) is 118 Å². The van der Waals surface area contributed by atoms with Crippen LogP contribution < -0.4 is 0 Å². The highest BCUT2D eigenvalue weighted by Crippen LogP contribution is 2.44. The molecule has 0 aliphatic rings. The van der Waals surface area contributed by atoms with E-state index in [4.69, 9.17) is 0 Å². The number of rotatable bonds is 2. The Morgan fingerprint density at radius 1 is 0.380 bits per heavy atom. The minimum absolute atomic E-state index is 0.0519. The van der Waals surface area contributed by atoms with Gasteiger partial charge in [-0.2, -0.15) is 0 Å². The molecule has 0 saturated heterocycles. The van der Waals surface area contributed by atoms with Crippen molar-refractivity contribution in [3.63, 3.8) is 0 Å². The zero-order valence-electron chi connectivity index (χ0n) is 41.5. The summed E-state index contributed by atoms with van der Waals surface area (Å²) in [6.45, 7) is 23.5. The van der Waals surface area contributed by atoms with Gasteiger partial charge in [0.1, 0.15) is 0 Å². The largest absolute Gasteiger partial charge is 0.0633 e. The molecule has 252 valence electrons. The van der Waals surface area contributed by atoms with Crippen molar-refractivity contribution in [1.29, 1.82) is 0 Å². The summed E-state index contributed by atoms with van der Waals surface area (Å²) in [5, 5.41) is 6.14. The molecule has 0 amide bonds.